The van der Waals surface area contributed by atoms with Crippen molar-refractivity contribution in [2.24, 2.45) is 5.73 Å². The summed E-state index contributed by atoms with van der Waals surface area (Å²) in [5.74, 6) is 0. The lowest BCUT2D eigenvalue weighted by molar-refractivity contribution is 0.608. The van der Waals surface area contributed by atoms with Crippen LogP contribution in [0.4, 0.5) is 0 Å². The van der Waals surface area contributed by atoms with Crippen LogP contribution in [0.5, 0.6) is 0 Å². The van der Waals surface area contributed by atoms with Crippen molar-refractivity contribution < 1.29 is 0 Å². The summed E-state index contributed by atoms with van der Waals surface area (Å²) in [6.45, 7) is 2.08. The minimum Gasteiger partial charge on any atom is -0.325 e. The van der Waals surface area contributed by atoms with E-state index < -0.39 is 0 Å². The molecule has 2 aromatic rings. The lowest BCUT2D eigenvalue weighted by atomic mass is 10.1. The monoisotopic (exact) mass is 215 g/mol. The lowest BCUT2D eigenvalue weighted by Crippen LogP contribution is -2.22. The van der Waals surface area contributed by atoms with E-state index in [0.29, 0.717) is 0 Å². The second-order valence-corrected chi connectivity index (χ2v) is 5.03. The predicted octanol–water partition coefficient (Wildman–Crippen LogP) is 2.07. The van der Waals surface area contributed by atoms with Gasteiger partial charge < -0.3 is 10.1 Å². The van der Waals surface area contributed by atoms with Crippen LogP contribution in [0.15, 0.2) is 24.5 Å². The fraction of sp³-hybridized carbons (Fsp3) is 0.462. The molecule has 1 aliphatic carbocycles. The second-order valence-electron chi connectivity index (χ2n) is 5.03. The number of fused-ring (bicyclic) bond motifs is 1. The molecule has 1 aliphatic rings. The Morgan fingerprint density at radius 3 is 3.00 bits per heavy atom. The van der Waals surface area contributed by atoms with E-state index in [4.69, 9.17) is 5.73 Å². The average molecular weight is 215 g/mol. The number of imidazole rings is 1. The molecule has 0 bridgehead atoms. The van der Waals surface area contributed by atoms with Gasteiger partial charge in [-0.25, -0.2) is 4.98 Å². The van der Waals surface area contributed by atoms with E-state index in [1.165, 1.54) is 24.1 Å². The Hall–Kier alpha value is -1.35. The van der Waals surface area contributed by atoms with Crippen LogP contribution in [0.3, 0.4) is 0 Å². The fourth-order valence-electron chi connectivity index (χ4n) is 2.10. The number of hydrogen-bond donors (Lipinski definition) is 1. The van der Waals surface area contributed by atoms with Gasteiger partial charge in [0.25, 0.3) is 0 Å². The molecule has 2 aromatic heterocycles. The minimum absolute atomic E-state index is 0.152. The van der Waals surface area contributed by atoms with Crippen LogP contribution in [-0.4, -0.2) is 14.9 Å². The first-order chi connectivity index (χ1) is 7.66. The first-order valence-electron chi connectivity index (χ1n) is 5.88. The molecule has 3 heteroatoms. The number of nitrogens with two attached hydrogens (primary N) is 1. The fourth-order valence-corrected chi connectivity index (χ4v) is 2.10. The molecule has 0 aliphatic heterocycles. The summed E-state index contributed by atoms with van der Waals surface area (Å²) in [7, 11) is 0. The van der Waals surface area contributed by atoms with Crippen molar-refractivity contribution in [1.82, 2.24) is 9.38 Å². The zero-order valence-electron chi connectivity index (χ0n) is 9.61. The summed E-state index contributed by atoms with van der Waals surface area (Å²) in [5.41, 5.74) is 9.81. The molecule has 3 rings (SSSR count). The summed E-state index contributed by atoms with van der Waals surface area (Å²) in [6.07, 6.45) is 8.66. The Bertz CT molecular complexity index is 523. The third-order valence-corrected chi connectivity index (χ3v) is 3.56. The quantitative estimate of drug-likeness (QED) is 0.851. The summed E-state index contributed by atoms with van der Waals surface area (Å²) in [5, 5.41) is 0. The molecule has 0 atom stereocenters. The minimum atomic E-state index is 0.152. The van der Waals surface area contributed by atoms with E-state index >= 15 is 0 Å². The van der Waals surface area contributed by atoms with Crippen molar-refractivity contribution in [1.29, 1.82) is 0 Å². The Morgan fingerprint density at radius 1 is 1.44 bits per heavy atom. The van der Waals surface area contributed by atoms with Crippen LogP contribution in [0.1, 0.15) is 30.5 Å². The van der Waals surface area contributed by atoms with Gasteiger partial charge in [0, 0.05) is 23.6 Å². The van der Waals surface area contributed by atoms with Gasteiger partial charge >= 0.3 is 0 Å². The van der Waals surface area contributed by atoms with E-state index in [2.05, 4.69) is 34.6 Å². The van der Waals surface area contributed by atoms with Crippen molar-refractivity contribution in [3.05, 3.63) is 35.8 Å². The largest absolute Gasteiger partial charge is 0.325 e. The van der Waals surface area contributed by atoms with Crippen LogP contribution in [-0.2, 0) is 6.42 Å². The molecule has 16 heavy (non-hydrogen) atoms. The highest BCUT2D eigenvalue weighted by Gasteiger charge is 2.37. The molecule has 0 aromatic carbocycles. The molecule has 84 valence electrons. The van der Waals surface area contributed by atoms with Gasteiger partial charge in [0.1, 0.15) is 5.65 Å². The summed E-state index contributed by atoms with van der Waals surface area (Å²) >= 11 is 0. The number of aromatic nitrogens is 2. The maximum atomic E-state index is 6.10. The highest BCUT2D eigenvalue weighted by molar-refractivity contribution is 5.41. The van der Waals surface area contributed by atoms with E-state index in [-0.39, 0.29) is 5.54 Å². The highest BCUT2D eigenvalue weighted by Crippen LogP contribution is 2.36. The van der Waals surface area contributed by atoms with Crippen LogP contribution in [0.25, 0.3) is 5.65 Å². The molecule has 3 nitrogen and oxygen atoms in total. The van der Waals surface area contributed by atoms with Gasteiger partial charge in [-0.2, -0.15) is 0 Å². The molecule has 2 heterocycles. The number of aryl methyl sites for hydroxylation is 2. The van der Waals surface area contributed by atoms with Crippen LogP contribution >= 0.6 is 0 Å². The molecule has 1 fully saturated rings. The van der Waals surface area contributed by atoms with Gasteiger partial charge in [0.05, 0.1) is 0 Å². The van der Waals surface area contributed by atoms with E-state index in [9.17, 15) is 0 Å². The topological polar surface area (TPSA) is 43.3 Å². The van der Waals surface area contributed by atoms with Crippen molar-refractivity contribution in [3.63, 3.8) is 0 Å². The maximum Gasteiger partial charge on any atom is 0.136 e. The number of pyridine rings is 1. The molecular formula is C13H17N3. The van der Waals surface area contributed by atoms with Crippen molar-refractivity contribution >= 4 is 5.65 Å². The van der Waals surface area contributed by atoms with Gasteiger partial charge in [0.2, 0.25) is 0 Å². The van der Waals surface area contributed by atoms with Gasteiger partial charge in [-0.3, -0.25) is 0 Å². The molecule has 0 radical (unpaired) electrons. The lowest BCUT2D eigenvalue weighted by Gasteiger charge is -2.08. The van der Waals surface area contributed by atoms with Crippen molar-refractivity contribution in [2.45, 2.75) is 38.1 Å². The smallest absolute Gasteiger partial charge is 0.136 e. The van der Waals surface area contributed by atoms with E-state index in [0.717, 1.165) is 18.5 Å². The van der Waals surface area contributed by atoms with Gasteiger partial charge in [0.15, 0.2) is 0 Å². The SMILES string of the molecule is Cc1cnc2ccc(CCC3(N)CC3)cn12. The zero-order valence-corrected chi connectivity index (χ0v) is 9.61. The molecule has 2 N–H and O–H groups in total. The highest BCUT2D eigenvalue weighted by atomic mass is 15.0. The molecule has 0 spiro atoms. The summed E-state index contributed by atoms with van der Waals surface area (Å²) in [4.78, 5) is 4.32. The number of nitrogens with zero attached hydrogens (tertiary/aromatic N) is 2. The van der Waals surface area contributed by atoms with E-state index in [1.54, 1.807) is 0 Å². The number of rotatable bonds is 3. The van der Waals surface area contributed by atoms with Gasteiger partial charge in [-0.15, -0.1) is 0 Å². The van der Waals surface area contributed by atoms with Crippen LogP contribution < -0.4 is 5.73 Å². The van der Waals surface area contributed by atoms with Crippen LogP contribution in [0, 0.1) is 6.92 Å². The summed E-state index contributed by atoms with van der Waals surface area (Å²) in [6, 6.07) is 4.24. The van der Waals surface area contributed by atoms with Crippen molar-refractivity contribution in [2.75, 3.05) is 0 Å². The zero-order chi connectivity index (χ0) is 11.2. The second kappa shape index (κ2) is 3.32. The summed E-state index contributed by atoms with van der Waals surface area (Å²) < 4.78 is 2.14. The average Bonchev–Trinajstić information content (AvgIpc) is 2.92. The first kappa shape index (κ1) is 9.85. The Kier molecular flexibility index (Phi) is 2.04. The normalized spacial score (nSPS) is 17.9. The maximum absolute atomic E-state index is 6.10. The predicted molar refractivity (Wildman–Crippen MR) is 64.4 cm³/mol. The Balaban J connectivity index is 1.83. The third kappa shape index (κ3) is 1.71. The van der Waals surface area contributed by atoms with Crippen LogP contribution in [0.2, 0.25) is 0 Å². The molecule has 0 saturated heterocycles. The number of hydrogen-bond acceptors (Lipinski definition) is 2. The molecule has 0 unspecified atom stereocenters. The standard InChI is InChI=1S/C13H17N3/c1-10-8-15-12-3-2-11(9-16(10)12)4-5-13(14)6-7-13/h2-3,8-9H,4-7,14H2,1H3. The van der Waals surface area contributed by atoms with Gasteiger partial charge in [-0.1, -0.05) is 6.07 Å². The Morgan fingerprint density at radius 2 is 2.25 bits per heavy atom. The first-order valence-corrected chi connectivity index (χ1v) is 5.88. The molecule has 1 saturated carbocycles. The third-order valence-electron chi connectivity index (χ3n) is 3.56. The van der Waals surface area contributed by atoms with Gasteiger partial charge in [-0.05, 0) is 44.2 Å². The molecular weight excluding hydrogens is 198 g/mol. The van der Waals surface area contributed by atoms with Crippen molar-refractivity contribution in [3.8, 4) is 0 Å². The Labute approximate surface area is 95.3 Å². The molecule has 0 amide bonds. The van der Waals surface area contributed by atoms with E-state index in [1.807, 2.05) is 6.20 Å².